The highest BCUT2D eigenvalue weighted by Crippen LogP contribution is 2.17. The van der Waals surface area contributed by atoms with E-state index in [1.807, 2.05) is 0 Å². The second-order valence-corrected chi connectivity index (χ2v) is 18.7. The number of aliphatic hydroxyl groups is 2. The number of unbranched alkanes of at least 4 members (excludes halogenated alkanes) is 37. The lowest BCUT2D eigenvalue weighted by Crippen LogP contribution is -2.45. The summed E-state index contributed by atoms with van der Waals surface area (Å²) in [5, 5.41) is 23.1. The molecule has 1 amide bonds. The molecule has 0 saturated carbocycles. The van der Waals surface area contributed by atoms with E-state index in [9.17, 15) is 15.0 Å². The molecule has 0 heterocycles. The van der Waals surface area contributed by atoms with Crippen molar-refractivity contribution in [1.82, 2.24) is 5.32 Å². The fourth-order valence-corrected chi connectivity index (χ4v) is 8.49. The maximum absolute atomic E-state index is 12.4. The summed E-state index contributed by atoms with van der Waals surface area (Å²) in [7, 11) is 0. The Morgan fingerprint density at radius 3 is 1.02 bits per heavy atom. The summed E-state index contributed by atoms with van der Waals surface area (Å²) in [6.45, 7) is 4.34. The lowest BCUT2D eigenvalue weighted by Gasteiger charge is -2.22. The van der Waals surface area contributed by atoms with Gasteiger partial charge in [-0.25, -0.2) is 0 Å². The maximum Gasteiger partial charge on any atom is 0.220 e. The number of carbonyl (C=O) groups is 1. The predicted octanol–water partition coefficient (Wildman–Crippen LogP) is 17.7. The lowest BCUT2D eigenvalue weighted by molar-refractivity contribution is -0.123. The number of amides is 1. The van der Waals surface area contributed by atoms with Crippen LogP contribution in [0.2, 0.25) is 0 Å². The van der Waals surface area contributed by atoms with Crippen molar-refractivity contribution in [1.29, 1.82) is 0 Å². The van der Waals surface area contributed by atoms with Gasteiger partial charge in [-0.1, -0.05) is 275 Å². The summed E-state index contributed by atoms with van der Waals surface area (Å²) in [6, 6.07) is -0.531. The molecule has 0 rings (SSSR count). The third-order valence-electron chi connectivity index (χ3n) is 12.7. The lowest BCUT2D eigenvalue weighted by atomic mass is 10.0. The molecule has 60 heavy (non-hydrogen) atoms. The van der Waals surface area contributed by atoms with Gasteiger partial charge in [-0.15, -0.1) is 0 Å². The van der Waals surface area contributed by atoms with E-state index >= 15 is 0 Å². The highest BCUT2D eigenvalue weighted by molar-refractivity contribution is 5.76. The van der Waals surface area contributed by atoms with Crippen molar-refractivity contribution in [3.8, 4) is 0 Å². The highest BCUT2D eigenvalue weighted by atomic mass is 16.3. The van der Waals surface area contributed by atoms with Crippen LogP contribution in [-0.2, 0) is 4.79 Å². The van der Waals surface area contributed by atoms with Gasteiger partial charge in [0.2, 0.25) is 5.91 Å². The second-order valence-electron chi connectivity index (χ2n) is 18.7. The molecule has 0 radical (unpaired) electrons. The van der Waals surface area contributed by atoms with E-state index < -0.39 is 12.1 Å². The van der Waals surface area contributed by atoms with Crippen molar-refractivity contribution in [2.24, 2.45) is 0 Å². The van der Waals surface area contributed by atoms with Gasteiger partial charge < -0.3 is 15.5 Å². The van der Waals surface area contributed by atoms with E-state index in [-0.39, 0.29) is 12.5 Å². The Balaban J connectivity index is 3.34. The first-order valence-electron chi connectivity index (χ1n) is 27.2. The highest BCUT2D eigenvalue weighted by Gasteiger charge is 2.20. The Bertz CT molecular complexity index is 912. The standard InChI is InChI=1S/C56H107NO3/c1-3-5-7-9-11-13-14-15-16-17-18-19-20-21-22-23-24-25-26-27-28-29-30-31-32-33-34-35-36-37-38-39-40-41-42-44-46-48-50-52-56(60)57-54(53-58)55(59)51-49-47-45-43-12-10-8-6-4-2/h14-15,17-18,20-21,54-55,58-59H,3-13,16,19,22-53H2,1-2H3,(H,57,60)/b15-14-,18-17-,21-20-. The number of rotatable bonds is 50. The van der Waals surface area contributed by atoms with Crippen LogP contribution in [0.3, 0.4) is 0 Å². The zero-order valence-corrected chi connectivity index (χ0v) is 40.7. The van der Waals surface area contributed by atoms with Gasteiger partial charge in [0.15, 0.2) is 0 Å². The Morgan fingerprint density at radius 1 is 0.400 bits per heavy atom. The molecule has 0 spiro atoms. The molecule has 0 aliphatic heterocycles. The molecule has 354 valence electrons. The van der Waals surface area contributed by atoms with Crippen molar-refractivity contribution in [3.05, 3.63) is 36.5 Å². The summed E-state index contributed by atoms with van der Waals surface area (Å²) in [6.07, 6.45) is 70.1. The summed E-state index contributed by atoms with van der Waals surface area (Å²) >= 11 is 0. The summed E-state index contributed by atoms with van der Waals surface area (Å²) in [4.78, 5) is 12.4. The van der Waals surface area contributed by atoms with Crippen molar-refractivity contribution in [2.75, 3.05) is 6.61 Å². The Morgan fingerprint density at radius 2 is 0.683 bits per heavy atom. The number of carbonyl (C=O) groups excluding carboxylic acids is 1. The van der Waals surface area contributed by atoms with E-state index in [0.29, 0.717) is 12.8 Å². The molecule has 4 heteroatoms. The van der Waals surface area contributed by atoms with Gasteiger partial charge in [-0.05, 0) is 51.4 Å². The van der Waals surface area contributed by atoms with Crippen LogP contribution >= 0.6 is 0 Å². The molecule has 0 aliphatic rings. The number of hydrogen-bond donors (Lipinski definition) is 3. The van der Waals surface area contributed by atoms with Crippen molar-refractivity contribution >= 4 is 5.91 Å². The molecule has 2 atom stereocenters. The van der Waals surface area contributed by atoms with Crippen LogP contribution in [0.1, 0.15) is 296 Å². The monoisotopic (exact) mass is 842 g/mol. The van der Waals surface area contributed by atoms with E-state index in [1.165, 1.54) is 231 Å². The van der Waals surface area contributed by atoms with Crippen molar-refractivity contribution in [3.63, 3.8) is 0 Å². The number of hydrogen-bond acceptors (Lipinski definition) is 3. The largest absolute Gasteiger partial charge is 0.394 e. The molecule has 2 unspecified atom stereocenters. The Labute approximate surface area is 376 Å². The average molecular weight is 842 g/mol. The van der Waals surface area contributed by atoms with Crippen molar-refractivity contribution in [2.45, 2.75) is 309 Å². The molecular formula is C56H107NO3. The quantitative estimate of drug-likeness (QED) is 0.0422. The molecule has 0 aliphatic carbocycles. The molecule has 3 N–H and O–H groups in total. The minimum Gasteiger partial charge on any atom is -0.394 e. The van der Waals surface area contributed by atoms with Crippen LogP contribution < -0.4 is 5.32 Å². The third kappa shape index (κ3) is 47.7. The smallest absolute Gasteiger partial charge is 0.220 e. The zero-order valence-electron chi connectivity index (χ0n) is 40.7. The molecule has 0 aromatic heterocycles. The minimum absolute atomic E-state index is 0.0293. The Kier molecular flexibility index (Phi) is 50.8. The number of nitrogens with one attached hydrogen (secondary N) is 1. The van der Waals surface area contributed by atoms with Crippen molar-refractivity contribution < 1.29 is 15.0 Å². The van der Waals surface area contributed by atoms with E-state index in [4.69, 9.17) is 0 Å². The van der Waals surface area contributed by atoms with Crippen LogP contribution in [0.5, 0.6) is 0 Å². The third-order valence-corrected chi connectivity index (χ3v) is 12.7. The van der Waals surface area contributed by atoms with Gasteiger partial charge in [0.25, 0.3) is 0 Å². The first-order chi connectivity index (χ1) is 29.7. The van der Waals surface area contributed by atoms with E-state index in [1.54, 1.807) is 0 Å². The molecule has 0 aromatic rings. The molecule has 4 nitrogen and oxygen atoms in total. The second kappa shape index (κ2) is 52.0. The van der Waals surface area contributed by atoms with Gasteiger partial charge in [0, 0.05) is 6.42 Å². The predicted molar refractivity (Wildman–Crippen MR) is 267 cm³/mol. The van der Waals surface area contributed by atoms with Crippen LogP contribution in [0.25, 0.3) is 0 Å². The van der Waals surface area contributed by atoms with Crippen LogP contribution in [0.15, 0.2) is 36.5 Å². The molecular weight excluding hydrogens is 735 g/mol. The average Bonchev–Trinajstić information content (AvgIpc) is 3.25. The first kappa shape index (κ1) is 58.6. The van der Waals surface area contributed by atoms with E-state index in [0.717, 1.165) is 38.5 Å². The summed E-state index contributed by atoms with van der Waals surface area (Å²) < 4.78 is 0. The molecule has 0 bridgehead atoms. The topological polar surface area (TPSA) is 69.6 Å². The maximum atomic E-state index is 12.4. The summed E-state index contributed by atoms with van der Waals surface area (Å²) in [5.41, 5.74) is 0. The van der Waals surface area contributed by atoms with Crippen LogP contribution in [0, 0.1) is 0 Å². The SMILES string of the molecule is CCCCCCC/C=C\C/C=C\C/C=C\CCCCCCCCCCCCCCCCCCCCCCCCCCC(=O)NC(CO)C(O)CCCCCCCCCCC. The van der Waals surface area contributed by atoms with Crippen LogP contribution in [-0.4, -0.2) is 34.9 Å². The van der Waals surface area contributed by atoms with E-state index in [2.05, 4.69) is 55.6 Å². The van der Waals surface area contributed by atoms with Gasteiger partial charge in [-0.3, -0.25) is 4.79 Å². The normalized spacial score (nSPS) is 13.1. The zero-order chi connectivity index (χ0) is 43.5. The first-order valence-corrected chi connectivity index (χ1v) is 27.2. The number of allylic oxidation sites excluding steroid dienone is 6. The minimum atomic E-state index is -0.654. The molecule has 0 saturated heterocycles. The van der Waals surface area contributed by atoms with Gasteiger partial charge >= 0.3 is 0 Å². The van der Waals surface area contributed by atoms with Crippen LogP contribution in [0.4, 0.5) is 0 Å². The summed E-state index contributed by atoms with van der Waals surface area (Å²) in [5.74, 6) is -0.0293. The fraction of sp³-hybridized carbons (Fsp3) is 0.875. The number of aliphatic hydroxyl groups excluding tert-OH is 2. The fourth-order valence-electron chi connectivity index (χ4n) is 8.49. The molecule has 0 fully saturated rings. The van der Waals surface area contributed by atoms with Gasteiger partial charge in [0.1, 0.15) is 0 Å². The Hall–Kier alpha value is -1.39. The molecule has 0 aromatic carbocycles. The van der Waals surface area contributed by atoms with Gasteiger partial charge in [-0.2, -0.15) is 0 Å². The van der Waals surface area contributed by atoms with Gasteiger partial charge in [0.05, 0.1) is 18.8 Å².